The minimum atomic E-state index is -0.962. The van der Waals surface area contributed by atoms with Crippen LogP contribution in [0.3, 0.4) is 0 Å². The van der Waals surface area contributed by atoms with Crippen LogP contribution in [0.2, 0.25) is 0 Å². The van der Waals surface area contributed by atoms with E-state index in [9.17, 15) is 19.2 Å². The number of Topliss-reactive ketones (excluding diaryl/α,β-unsaturated/α-hetero) is 1. The van der Waals surface area contributed by atoms with Crippen LogP contribution >= 0.6 is 0 Å². The van der Waals surface area contributed by atoms with Crippen molar-refractivity contribution in [3.63, 3.8) is 0 Å². The van der Waals surface area contributed by atoms with Gasteiger partial charge >= 0.3 is 0 Å². The molecule has 158 valence electrons. The number of rotatable bonds is 6. The van der Waals surface area contributed by atoms with Gasteiger partial charge in [0, 0.05) is 23.7 Å². The fourth-order valence-electron chi connectivity index (χ4n) is 2.95. The highest BCUT2D eigenvalue weighted by molar-refractivity contribution is 5.96. The van der Waals surface area contributed by atoms with Crippen molar-refractivity contribution in [2.24, 2.45) is 0 Å². The summed E-state index contributed by atoms with van der Waals surface area (Å²) in [6.45, 7) is 4.30. The number of aromatic nitrogens is 2. The summed E-state index contributed by atoms with van der Waals surface area (Å²) in [6, 6.07) is 16.1. The lowest BCUT2D eigenvalue weighted by atomic mass is 10.1. The zero-order chi connectivity index (χ0) is 22.5. The Hall–Kier alpha value is -4.07. The van der Waals surface area contributed by atoms with E-state index in [-0.39, 0.29) is 11.5 Å². The molecule has 0 aliphatic carbocycles. The highest BCUT2D eigenvalue weighted by Crippen LogP contribution is 2.20. The fraction of sp³-hybridized carbons (Fsp3) is 0.174. The molecule has 0 saturated heterocycles. The molecule has 0 saturated carbocycles. The van der Waals surface area contributed by atoms with Crippen LogP contribution < -0.4 is 16.2 Å². The topological polar surface area (TPSA) is 110 Å². The van der Waals surface area contributed by atoms with Crippen molar-refractivity contribution in [2.75, 3.05) is 10.6 Å². The molecule has 31 heavy (non-hydrogen) atoms. The van der Waals surface area contributed by atoms with Crippen LogP contribution in [0.4, 0.5) is 11.4 Å². The summed E-state index contributed by atoms with van der Waals surface area (Å²) in [7, 11) is 0. The van der Waals surface area contributed by atoms with Crippen molar-refractivity contribution in [1.82, 2.24) is 9.78 Å². The molecule has 0 radical (unpaired) electrons. The zero-order valence-electron chi connectivity index (χ0n) is 17.4. The van der Waals surface area contributed by atoms with E-state index in [2.05, 4.69) is 15.7 Å². The van der Waals surface area contributed by atoms with Gasteiger partial charge in [0.05, 0.1) is 5.69 Å². The van der Waals surface area contributed by atoms with Crippen LogP contribution in [0.15, 0.2) is 65.5 Å². The maximum Gasteiger partial charge on any atom is 0.291 e. The third-order valence-corrected chi connectivity index (χ3v) is 4.62. The Morgan fingerprint density at radius 1 is 0.935 bits per heavy atom. The first-order valence-electron chi connectivity index (χ1n) is 9.65. The summed E-state index contributed by atoms with van der Waals surface area (Å²) in [5.74, 6) is -0.953. The lowest BCUT2D eigenvalue weighted by Gasteiger charge is -2.17. The van der Waals surface area contributed by atoms with E-state index in [1.807, 2.05) is 30.3 Å². The summed E-state index contributed by atoms with van der Waals surface area (Å²) in [4.78, 5) is 48.6. The van der Waals surface area contributed by atoms with E-state index in [0.717, 1.165) is 10.2 Å². The molecule has 0 bridgehead atoms. The predicted molar refractivity (Wildman–Crippen MR) is 118 cm³/mol. The van der Waals surface area contributed by atoms with Crippen LogP contribution in [0.25, 0.3) is 11.3 Å². The van der Waals surface area contributed by atoms with Crippen molar-refractivity contribution in [3.8, 4) is 11.3 Å². The molecular weight excluding hydrogens is 396 g/mol. The Kier molecular flexibility index (Phi) is 6.40. The number of hydrogen-bond donors (Lipinski definition) is 2. The van der Waals surface area contributed by atoms with Gasteiger partial charge in [-0.1, -0.05) is 30.3 Å². The van der Waals surface area contributed by atoms with Crippen LogP contribution in [0.1, 0.15) is 37.2 Å². The fourth-order valence-corrected chi connectivity index (χ4v) is 2.95. The Bertz CT molecular complexity index is 1180. The van der Waals surface area contributed by atoms with Crippen LogP contribution in [0.5, 0.6) is 0 Å². The van der Waals surface area contributed by atoms with Crippen molar-refractivity contribution < 1.29 is 14.4 Å². The molecular formula is C23H22N4O4. The number of nitrogens with one attached hydrogen (secondary N) is 2. The predicted octanol–water partition coefficient (Wildman–Crippen LogP) is 3.27. The second kappa shape index (κ2) is 9.17. The molecule has 1 atom stereocenters. The summed E-state index contributed by atoms with van der Waals surface area (Å²) < 4.78 is 1.05. The molecule has 0 aliphatic heterocycles. The van der Waals surface area contributed by atoms with Gasteiger partial charge in [0.2, 0.25) is 11.8 Å². The second-order valence-corrected chi connectivity index (χ2v) is 7.04. The maximum atomic E-state index is 12.9. The number of hydrogen-bond acceptors (Lipinski definition) is 5. The first-order chi connectivity index (χ1) is 14.8. The van der Waals surface area contributed by atoms with Crippen molar-refractivity contribution >= 4 is 29.0 Å². The summed E-state index contributed by atoms with van der Waals surface area (Å²) in [6.07, 6.45) is 0. The van der Waals surface area contributed by atoms with Gasteiger partial charge in [-0.15, -0.1) is 0 Å². The third kappa shape index (κ3) is 5.11. The van der Waals surface area contributed by atoms with E-state index < -0.39 is 23.4 Å². The Morgan fingerprint density at radius 2 is 1.58 bits per heavy atom. The molecule has 3 aromatic rings. The summed E-state index contributed by atoms with van der Waals surface area (Å²) in [5, 5.41) is 9.58. The van der Waals surface area contributed by atoms with E-state index >= 15 is 0 Å². The molecule has 2 aromatic carbocycles. The van der Waals surface area contributed by atoms with Crippen molar-refractivity contribution in [1.29, 1.82) is 0 Å². The van der Waals surface area contributed by atoms with E-state index in [0.29, 0.717) is 16.9 Å². The van der Waals surface area contributed by atoms with Gasteiger partial charge in [0.1, 0.15) is 11.7 Å². The van der Waals surface area contributed by atoms with Crippen LogP contribution in [-0.2, 0) is 9.59 Å². The molecule has 2 N–H and O–H groups in total. The van der Waals surface area contributed by atoms with Crippen LogP contribution in [-0.4, -0.2) is 27.4 Å². The Labute approximate surface area is 178 Å². The number of amides is 2. The van der Waals surface area contributed by atoms with E-state index in [4.69, 9.17) is 0 Å². The van der Waals surface area contributed by atoms with Gasteiger partial charge in [0.15, 0.2) is 5.78 Å². The minimum Gasteiger partial charge on any atom is -0.324 e. The molecule has 1 heterocycles. The molecule has 1 unspecified atom stereocenters. The number of benzene rings is 2. The number of carbonyl (C=O) groups excluding carboxylic acids is 3. The summed E-state index contributed by atoms with van der Waals surface area (Å²) >= 11 is 0. The summed E-state index contributed by atoms with van der Waals surface area (Å²) in [5.41, 5.74) is 1.62. The first kappa shape index (κ1) is 21.6. The lowest BCUT2D eigenvalue weighted by molar-refractivity contribution is -0.119. The van der Waals surface area contributed by atoms with Gasteiger partial charge < -0.3 is 10.6 Å². The molecule has 8 heteroatoms. The molecule has 1 aromatic heterocycles. The number of ketones is 1. The van der Waals surface area contributed by atoms with Crippen molar-refractivity contribution in [2.45, 2.75) is 26.8 Å². The molecule has 0 spiro atoms. The Balaban J connectivity index is 1.95. The van der Waals surface area contributed by atoms with Gasteiger partial charge in [-0.05, 0) is 44.2 Å². The highest BCUT2D eigenvalue weighted by atomic mass is 16.2. The molecule has 8 nitrogen and oxygen atoms in total. The third-order valence-electron chi connectivity index (χ3n) is 4.62. The van der Waals surface area contributed by atoms with E-state index in [1.165, 1.54) is 19.9 Å². The molecule has 0 fully saturated rings. The molecule has 3 rings (SSSR count). The largest absolute Gasteiger partial charge is 0.324 e. The smallest absolute Gasteiger partial charge is 0.291 e. The number of anilines is 2. The maximum absolute atomic E-state index is 12.9. The SMILES string of the molecule is CC(=O)Nc1cc(-c2ccccc2)nn(C(C)C(=O)Nc2ccc(C(C)=O)cc2)c1=O. The first-order valence-corrected chi connectivity index (χ1v) is 9.65. The quantitative estimate of drug-likeness (QED) is 0.597. The minimum absolute atomic E-state index is 0.0341. The molecule has 2 amide bonds. The van der Waals surface area contributed by atoms with Crippen molar-refractivity contribution in [3.05, 3.63) is 76.6 Å². The number of nitrogens with zero attached hydrogens (tertiary/aromatic N) is 2. The lowest BCUT2D eigenvalue weighted by Crippen LogP contribution is -2.35. The highest BCUT2D eigenvalue weighted by Gasteiger charge is 2.21. The molecule has 0 aliphatic rings. The normalized spacial score (nSPS) is 11.5. The average Bonchev–Trinajstić information content (AvgIpc) is 2.75. The monoisotopic (exact) mass is 418 g/mol. The van der Waals surface area contributed by atoms with Crippen LogP contribution in [0, 0.1) is 0 Å². The standard InChI is InChI=1S/C23H22N4O4/c1-14(22(30)25-19-11-9-17(10-12-19)15(2)28)27-23(31)21(24-16(3)29)13-20(26-27)18-7-5-4-6-8-18/h4-14H,1-3H3,(H,24,29)(H,25,30). The van der Waals surface area contributed by atoms with Gasteiger partial charge in [-0.25, -0.2) is 4.68 Å². The van der Waals surface area contributed by atoms with Gasteiger partial charge in [-0.3, -0.25) is 19.2 Å². The van der Waals surface area contributed by atoms with Gasteiger partial charge in [-0.2, -0.15) is 5.10 Å². The number of carbonyl (C=O) groups is 3. The second-order valence-electron chi connectivity index (χ2n) is 7.04. The van der Waals surface area contributed by atoms with Gasteiger partial charge in [0.25, 0.3) is 5.56 Å². The van der Waals surface area contributed by atoms with E-state index in [1.54, 1.807) is 31.2 Å². The zero-order valence-corrected chi connectivity index (χ0v) is 17.4. The average molecular weight is 418 g/mol. The Morgan fingerprint density at radius 3 is 2.16 bits per heavy atom.